The van der Waals surface area contributed by atoms with E-state index < -0.39 is 23.9 Å². The molecule has 0 radical (unpaired) electrons. The molecule has 4 rings (SSSR count). The number of rotatable bonds is 6. The number of carboxylic acid groups (broad SMARTS) is 1. The van der Waals surface area contributed by atoms with E-state index in [-0.39, 0.29) is 12.5 Å². The standard InChI is InChI=1S/C25H23NO4/c1-15-10-12-16(13-11-15)23(26)22(24(27)28)25(29)30-14-21-19-8-4-2-6-17(19)18-7-3-5-9-20(18)21/h2-13,21-23H,14,26H2,1H3,(H,27,28). The number of aliphatic carboxylic acids is 1. The number of carboxylic acids is 1. The fourth-order valence-corrected chi connectivity index (χ4v) is 4.08. The molecule has 1 aliphatic rings. The normalized spacial score (nSPS) is 14.5. The number of fused-ring (bicyclic) bond motifs is 3. The summed E-state index contributed by atoms with van der Waals surface area (Å²) in [5.41, 5.74) is 12.1. The highest BCUT2D eigenvalue weighted by atomic mass is 16.5. The summed E-state index contributed by atoms with van der Waals surface area (Å²) in [7, 11) is 0. The number of hydrogen-bond donors (Lipinski definition) is 2. The van der Waals surface area contributed by atoms with Crippen LogP contribution in [0.5, 0.6) is 0 Å². The molecule has 0 bridgehead atoms. The molecule has 5 heteroatoms. The van der Waals surface area contributed by atoms with Gasteiger partial charge < -0.3 is 15.6 Å². The number of carbonyl (C=O) groups excluding carboxylic acids is 1. The Hall–Kier alpha value is -3.44. The van der Waals surface area contributed by atoms with E-state index in [0.29, 0.717) is 5.56 Å². The monoisotopic (exact) mass is 401 g/mol. The van der Waals surface area contributed by atoms with Crippen molar-refractivity contribution in [2.45, 2.75) is 18.9 Å². The van der Waals surface area contributed by atoms with Crippen LogP contribution in [0.4, 0.5) is 0 Å². The second kappa shape index (κ2) is 8.13. The van der Waals surface area contributed by atoms with Gasteiger partial charge in [0.2, 0.25) is 0 Å². The lowest BCUT2D eigenvalue weighted by molar-refractivity contribution is -0.160. The highest BCUT2D eigenvalue weighted by Gasteiger charge is 2.36. The van der Waals surface area contributed by atoms with Crippen molar-refractivity contribution < 1.29 is 19.4 Å². The van der Waals surface area contributed by atoms with E-state index in [1.807, 2.05) is 67.6 Å². The van der Waals surface area contributed by atoms with Gasteiger partial charge in [0, 0.05) is 5.92 Å². The second-order valence-electron chi connectivity index (χ2n) is 7.61. The fourth-order valence-electron chi connectivity index (χ4n) is 4.08. The quantitative estimate of drug-likeness (QED) is 0.480. The molecular weight excluding hydrogens is 378 g/mol. The third-order valence-electron chi connectivity index (χ3n) is 5.70. The number of aryl methyl sites for hydroxylation is 1. The van der Waals surface area contributed by atoms with Crippen LogP contribution in [0.2, 0.25) is 0 Å². The van der Waals surface area contributed by atoms with Gasteiger partial charge in [0.25, 0.3) is 0 Å². The van der Waals surface area contributed by atoms with E-state index >= 15 is 0 Å². The van der Waals surface area contributed by atoms with Crippen molar-refractivity contribution in [3.8, 4) is 11.1 Å². The molecule has 3 aromatic carbocycles. The van der Waals surface area contributed by atoms with E-state index in [2.05, 4.69) is 0 Å². The van der Waals surface area contributed by atoms with Gasteiger partial charge in [0.15, 0.2) is 5.92 Å². The third kappa shape index (κ3) is 3.60. The van der Waals surface area contributed by atoms with Gasteiger partial charge in [0.05, 0.1) is 6.04 Å². The van der Waals surface area contributed by atoms with Crippen molar-refractivity contribution in [2.24, 2.45) is 11.7 Å². The van der Waals surface area contributed by atoms with Crippen LogP contribution in [0.3, 0.4) is 0 Å². The minimum absolute atomic E-state index is 0.0667. The third-order valence-corrected chi connectivity index (χ3v) is 5.70. The van der Waals surface area contributed by atoms with Gasteiger partial charge in [-0.1, -0.05) is 78.4 Å². The molecule has 0 amide bonds. The fraction of sp³-hybridized carbons (Fsp3) is 0.200. The van der Waals surface area contributed by atoms with Crippen LogP contribution in [0.1, 0.15) is 34.2 Å². The molecule has 2 atom stereocenters. The molecule has 3 aromatic rings. The molecule has 0 spiro atoms. The summed E-state index contributed by atoms with van der Waals surface area (Å²) in [6.45, 7) is 1.99. The van der Waals surface area contributed by atoms with Gasteiger partial charge in [-0.05, 0) is 34.7 Å². The number of ether oxygens (including phenoxy) is 1. The summed E-state index contributed by atoms with van der Waals surface area (Å²) >= 11 is 0. The summed E-state index contributed by atoms with van der Waals surface area (Å²) in [6, 6.07) is 22.2. The van der Waals surface area contributed by atoms with Crippen LogP contribution in [0.15, 0.2) is 72.8 Å². The molecule has 3 N–H and O–H groups in total. The Bertz CT molecular complexity index is 1040. The average Bonchev–Trinajstić information content (AvgIpc) is 3.06. The summed E-state index contributed by atoms with van der Waals surface area (Å²) < 4.78 is 5.53. The number of benzene rings is 3. The van der Waals surface area contributed by atoms with Gasteiger partial charge in [-0.15, -0.1) is 0 Å². The lowest BCUT2D eigenvalue weighted by Gasteiger charge is -2.21. The Labute approximate surface area is 175 Å². The zero-order valence-electron chi connectivity index (χ0n) is 16.6. The van der Waals surface area contributed by atoms with Gasteiger partial charge in [-0.3, -0.25) is 9.59 Å². The Morgan fingerprint density at radius 1 is 0.933 bits per heavy atom. The predicted molar refractivity (Wildman–Crippen MR) is 114 cm³/mol. The molecule has 1 aliphatic carbocycles. The van der Waals surface area contributed by atoms with Crippen molar-refractivity contribution >= 4 is 11.9 Å². The van der Waals surface area contributed by atoms with Crippen LogP contribution in [0, 0.1) is 12.8 Å². The summed E-state index contributed by atoms with van der Waals surface area (Å²) in [4.78, 5) is 24.6. The van der Waals surface area contributed by atoms with Crippen LogP contribution < -0.4 is 5.73 Å². The molecule has 152 valence electrons. The Morgan fingerprint density at radius 3 is 2.00 bits per heavy atom. The first kappa shape index (κ1) is 19.9. The maximum absolute atomic E-state index is 12.8. The molecule has 0 aromatic heterocycles. The van der Waals surface area contributed by atoms with Crippen LogP contribution in [-0.2, 0) is 14.3 Å². The van der Waals surface area contributed by atoms with Gasteiger partial charge in [0.1, 0.15) is 6.61 Å². The highest BCUT2D eigenvalue weighted by molar-refractivity contribution is 5.95. The molecule has 30 heavy (non-hydrogen) atoms. The largest absolute Gasteiger partial charge is 0.481 e. The highest BCUT2D eigenvalue weighted by Crippen LogP contribution is 2.44. The lowest BCUT2D eigenvalue weighted by Crippen LogP contribution is -2.36. The second-order valence-corrected chi connectivity index (χ2v) is 7.61. The van der Waals surface area contributed by atoms with E-state index in [4.69, 9.17) is 10.5 Å². The minimum atomic E-state index is -1.47. The molecule has 0 saturated carbocycles. The molecule has 2 unspecified atom stereocenters. The van der Waals surface area contributed by atoms with Crippen molar-refractivity contribution in [3.63, 3.8) is 0 Å². The molecule has 0 saturated heterocycles. The first-order chi connectivity index (χ1) is 14.5. The van der Waals surface area contributed by atoms with Gasteiger partial charge in [-0.25, -0.2) is 0 Å². The Balaban J connectivity index is 1.54. The molecular formula is C25H23NO4. The smallest absolute Gasteiger partial charge is 0.322 e. The SMILES string of the molecule is Cc1ccc(C(N)C(C(=O)O)C(=O)OCC2c3ccccc3-c3ccccc32)cc1. The Kier molecular flexibility index (Phi) is 5.38. The van der Waals surface area contributed by atoms with E-state index in [1.54, 1.807) is 12.1 Å². The molecule has 0 aliphatic heterocycles. The number of nitrogens with two attached hydrogens (primary N) is 1. The molecule has 5 nitrogen and oxygen atoms in total. The summed E-state index contributed by atoms with van der Waals surface area (Å²) in [5, 5.41) is 9.66. The zero-order valence-corrected chi connectivity index (χ0v) is 16.6. The first-order valence-electron chi connectivity index (χ1n) is 9.87. The predicted octanol–water partition coefficient (Wildman–Crippen LogP) is 4.05. The molecule has 0 heterocycles. The lowest BCUT2D eigenvalue weighted by atomic mass is 9.93. The summed E-state index contributed by atoms with van der Waals surface area (Å²) in [6.07, 6.45) is 0. The first-order valence-corrected chi connectivity index (χ1v) is 9.87. The van der Waals surface area contributed by atoms with Crippen molar-refractivity contribution in [1.29, 1.82) is 0 Å². The van der Waals surface area contributed by atoms with Crippen LogP contribution >= 0.6 is 0 Å². The van der Waals surface area contributed by atoms with E-state index in [0.717, 1.165) is 27.8 Å². The van der Waals surface area contributed by atoms with Gasteiger partial charge >= 0.3 is 11.9 Å². The summed E-state index contributed by atoms with van der Waals surface area (Å²) in [5.74, 6) is -3.72. The molecule has 0 fully saturated rings. The van der Waals surface area contributed by atoms with Crippen molar-refractivity contribution in [2.75, 3.05) is 6.61 Å². The van der Waals surface area contributed by atoms with Crippen molar-refractivity contribution in [1.82, 2.24) is 0 Å². The van der Waals surface area contributed by atoms with E-state index in [9.17, 15) is 14.7 Å². The number of esters is 1. The average molecular weight is 401 g/mol. The number of hydrogen-bond acceptors (Lipinski definition) is 4. The maximum atomic E-state index is 12.8. The van der Waals surface area contributed by atoms with E-state index in [1.165, 1.54) is 0 Å². The van der Waals surface area contributed by atoms with Crippen LogP contribution in [-0.4, -0.2) is 23.7 Å². The van der Waals surface area contributed by atoms with Crippen LogP contribution in [0.25, 0.3) is 11.1 Å². The number of carbonyl (C=O) groups is 2. The zero-order chi connectivity index (χ0) is 21.3. The van der Waals surface area contributed by atoms with Gasteiger partial charge in [-0.2, -0.15) is 0 Å². The topological polar surface area (TPSA) is 89.6 Å². The Morgan fingerprint density at radius 2 is 1.47 bits per heavy atom. The van der Waals surface area contributed by atoms with Crippen molar-refractivity contribution in [3.05, 3.63) is 95.1 Å². The minimum Gasteiger partial charge on any atom is -0.481 e. The maximum Gasteiger partial charge on any atom is 0.322 e.